The second-order valence-corrected chi connectivity index (χ2v) is 4.77. The average molecular weight is 207 g/mol. The molecule has 1 nitrogen and oxygen atoms in total. The molecule has 0 amide bonds. The summed E-state index contributed by atoms with van der Waals surface area (Å²) in [5.41, 5.74) is 2.28. The minimum absolute atomic E-state index is 0.125. The van der Waals surface area contributed by atoms with Gasteiger partial charge < -0.3 is 0 Å². The number of carbonyl (C=O) groups excluding carboxylic acids is 1. The lowest BCUT2D eigenvalue weighted by Crippen LogP contribution is -2.39. The highest BCUT2D eigenvalue weighted by molar-refractivity contribution is 6.30. The summed E-state index contributed by atoms with van der Waals surface area (Å²) in [6, 6.07) is 5.87. The van der Waals surface area contributed by atoms with Crippen LogP contribution in [0, 0.1) is 0 Å². The number of halogens is 1. The van der Waals surface area contributed by atoms with Crippen molar-refractivity contribution in [2.45, 2.75) is 31.1 Å². The predicted octanol–water partition coefficient (Wildman–Crippen LogP) is 2.89. The number of Topliss-reactive ketones (excluding diaryl/α,β-unsaturated/α-hetero) is 1. The van der Waals surface area contributed by atoms with E-state index in [0.717, 1.165) is 17.9 Å². The normalized spacial score (nSPS) is 22.2. The maximum Gasteiger partial charge on any atom is 0.147 e. The van der Waals surface area contributed by atoms with Crippen LogP contribution in [0.25, 0.3) is 0 Å². The first kappa shape index (κ1) is 8.49. The van der Waals surface area contributed by atoms with Crippen LogP contribution >= 0.6 is 11.6 Å². The van der Waals surface area contributed by atoms with Crippen molar-refractivity contribution in [1.82, 2.24) is 0 Å². The first-order valence-corrected chi connectivity index (χ1v) is 5.42. The number of rotatable bonds is 0. The molecule has 0 saturated heterocycles. The van der Waals surface area contributed by atoms with Crippen molar-refractivity contribution in [1.29, 1.82) is 0 Å². The predicted molar refractivity (Wildman–Crippen MR) is 55.7 cm³/mol. The van der Waals surface area contributed by atoms with Gasteiger partial charge in [0.15, 0.2) is 0 Å². The van der Waals surface area contributed by atoms with Crippen molar-refractivity contribution in [3.05, 3.63) is 34.3 Å². The second kappa shape index (κ2) is 2.60. The van der Waals surface area contributed by atoms with Gasteiger partial charge in [0.05, 0.1) is 5.41 Å². The molecule has 0 atom stereocenters. The van der Waals surface area contributed by atoms with Crippen LogP contribution in [0.1, 0.15) is 30.4 Å². The Hall–Kier alpha value is -0.820. The monoisotopic (exact) mass is 206 g/mol. The lowest BCUT2D eigenvalue weighted by atomic mass is 9.64. The third-order valence-electron chi connectivity index (χ3n) is 3.68. The highest BCUT2D eigenvalue weighted by Gasteiger charge is 2.50. The topological polar surface area (TPSA) is 17.1 Å². The lowest BCUT2D eigenvalue weighted by molar-refractivity contribution is -0.125. The van der Waals surface area contributed by atoms with E-state index in [1.807, 2.05) is 18.2 Å². The van der Waals surface area contributed by atoms with Crippen molar-refractivity contribution in [3.63, 3.8) is 0 Å². The quantitative estimate of drug-likeness (QED) is 0.638. The molecule has 0 bridgehead atoms. The molecule has 2 heteroatoms. The smallest absolute Gasteiger partial charge is 0.147 e. The molecular formula is C12H11ClO. The third-order valence-corrected chi connectivity index (χ3v) is 3.91. The number of fused-ring (bicyclic) bond motifs is 2. The molecule has 2 aliphatic carbocycles. The van der Waals surface area contributed by atoms with Crippen LogP contribution in [0.5, 0.6) is 0 Å². The van der Waals surface area contributed by atoms with Gasteiger partial charge in [0, 0.05) is 11.4 Å². The van der Waals surface area contributed by atoms with Gasteiger partial charge in [-0.15, -0.1) is 0 Å². The molecule has 0 N–H and O–H groups in total. The molecule has 1 aromatic rings. The Morgan fingerprint density at radius 1 is 1.29 bits per heavy atom. The fourth-order valence-corrected chi connectivity index (χ4v) is 2.89. The van der Waals surface area contributed by atoms with Gasteiger partial charge >= 0.3 is 0 Å². The van der Waals surface area contributed by atoms with Crippen LogP contribution < -0.4 is 0 Å². The molecule has 1 spiro atoms. The summed E-state index contributed by atoms with van der Waals surface area (Å²) in [5, 5.41) is 0.754. The zero-order valence-electron chi connectivity index (χ0n) is 7.85. The lowest BCUT2D eigenvalue weighted by Gasteiger charge is -2.37. The summed E-state index contributed by atoms with van der Waals surface area (Å²) >= 11 is 5.97. The summed E-state index contributed by atoms with van der Waals surface area (Å²) in [5.74, 6) is 0.404. The fraction of sp³-hybridized carbons (Fsp3) is 0.417. The molecule has 1 fully saturated rings. The number of carbonyl (C=O) groups is 1. The summed E-state index contributed by atoms with van der Waals surface area (Å²) in [6.45, 7) is 0. The molecule has 3 rings (SSSR count). The molecule has 72 valence electrons. The van der Waals surface area contributed by atoms with Crippen LogP contribution in [0.2, 0.25) is 5.02 Å². The Kier molecular flexibility index (Phi) is 1.58. The van der Waals surface area contributed by atoms with Crippen LogP contribution in [0.15, 0.2) is 18.2 Å². The van der Waals surface area contributed by atoms with E-state index in [0.29, 0.717) is 12.2 Å². The van der Waals surface area contributed by atoms with Crippen LogP contribution in [0.4, 0.5) is 0 Å². The van der Waals surface area contributed by atoms with Gasteiger partial charge in [-0.05, 0) is 36.1 Å². The highest BCUT2D eigenvalue weighted by atomic mass is 35.5. The number of hydrogen-bond acceptors (Lipinski definition) is 1. The third kappa shape index (κ3) is 0.885. The maximum atomic E-state index is 11.9. The Morgan fingerprint density at radius 2 is 2.07 bits per heavy atom. The summed E-state index contributed by atoms with van der Waals surface area (Å²) < 4.78 is 0. The van der Waals surface area contributed by atoms with Gasteiger partial charge in [-0.25, -0.2) is 0 Å². The van der Waals surface area contributed by atoms with E-state index in [2.05, 4.69) is 0 Å². The minimum atomic E-state index is -0.125. The van der Waals surface area contributed by atoms with E-state index in [1.165, 1.54) is 17.5 Å². The first-order chi connectivity index (χ1) is 6.72. The van der Waals surface area contributed by atoms with Gasteiger partial charge in [-0.1, -0.05) is 24.1 Å². The summed E-state index contributed by atoms with van der Waals surface area (Å²) in [6.07, 6.45) is 3.85. The van der Waals surface area contributed by atoms with Gasteiger partial charge in [0.1, 0.15) is 5.78 Å². The Bertz CT molecular complexity index is 418. The molecule has 0 aromatic heterocycles. The molecule has 0 aliphatic heterocycles. The van der Waals surface area contributed by atoms with E-state index < -0.39 is 0 Å². The van der Waals surface area contributed by atoms with Crippen molar-refractivity contribution in [3.8, 4) is 0 Å². The molecule has 0 radical (unpaired) electrons. The summed E-state index contributed by atoms with van der Waals surface area (Å²) in [7, 11) is 0. The summed E-state index contributed by atoms with van der Waals surface area (Å²) in [4.78, 5) is 11.9. The Balaban J connectivity index is 2.20. The molecule has 14 heavy (non-hydrogen) atoms. The van der Waals surface area contributed by atoms with E-state index in [4.69, 9.17) is 11.6 Å². The fourth-order valence-electron chi connectivity index (χ4n) is 2.72. The largest absolute Gasteiger partial charge is 0.298 e. The van der Waals surface area contributed by atoms with Crippen LogP contribution in [-0.2, 0) is 16.6 Å². The average Bonchev–Trinajstić information content (AvgIpc) is 2.35. The van der Waals surface area contributed by atoms with Gasteiger partial charge in [-0.2, -0.15) is 0 Å². The molecule has 1 saturated carbocycles. The number of ketones is 1. The Labute approximate surface area is 88.1 Å². The van der Waals surface area contributed by atoms with Gasteiger partial charge in [0.25, 0.3) is 0 Å². The zero-order valence-corrected chi connectivity index (χ0v) is 8.60. The van der Waals surface area contributed by atoms with E-state index in [1.54, 1.807) is 0 Å². The minimum Gasteiger partial charge on any atom is -0.298 e. The van der Waals surface area contributed by atoms with Gasteiger partial charge in [0.2, 0.25) is 0 Å². The highest BCUT2D eigenvalue weighted by Crippen LogP contribution is 2.50. The molecular weight excluding hydrogens is 196 g/mol. The van der Waals surface area contributed by atoms with Crippen molar-refractivity contribution in [2.24, 2.45) is 0 Å². The van der Waals surface area contributed by atoms with Crippen LogP contribution in [0.3, 0.4) is 0 Å². The standard InChI is InChI=1S/C12H11ClO/c13-9-3-2-8-6-11(14)12(4-1-5-12)10(8)7-9/h2-3,7H,1,4-6H2. The van der Waals surface area contributed by atoms with E-state index in [-0.39, 0.29) is 5.41 Å². The maximum absolute atomic E-state index is 11.9. The first-order valence-electron chi connectivity index (χ1n) is 5.05. The van der Waals surface area contributed by atoms with Crippen LogP contribution in [-0.4, -0.2) is 5.78 Å². The van der Waals surface area contributed by atoms with E-state index in [9.17, 15) is 4.79 Å². The SMILES string of the molecule is O=C1Cc2ccc(Cl)cc2C12CCC2. The van der Waals surface area contributed by atoms with Gasteiger partial charge in [-0.3, -0.25) is 4.79 Å². The zero-order chi connectivity index (χ0) is 9.76. The van der Waals surface area contributed by atoms with Crippen molar-refractivity contribution < 1.29 is 4.79 Å². The second-order valence-electron chi connectivity index (χ2n) is 4.34. The van der Waals surface area contributed by atoms with Crippen molar-refractivity contribution in [2.75, 3.05) is 0 Å². The molecule has 0 unspecified atom stereocenters. The molecule has 2 aliphatic rings. The Morgan fingerprint density at radius 3 is 2.71 bits per heavy atom. The number of benzene rings is 1. The van der Waals surface area contributed by atoms with E-state index >= 15 is 0 Å². The van der Waals surface area contributed by atoms with Crippen molar-refractivity contribution >= 4 is 17.4 Å². The molecule has 1 aromatic carbocycles. The molecule has 0 heterocycles. The number of hydrogen-bond donors (Lipinski definition) is 0.